The highest BCUT2D eigenvalue weighted by Crippen LogP contribution is 2.17. The van der Waals surface area contributed by atoms with E-state index in [1.165, 1.54) is 0 Å². The average molecular weight is 260 g/mol. The maximum absolute atomic E-state index is 10.4. The summed E-state index contributed by atoms with van der Waals surface area (Å²) in [7, 11) is 0. The van der Waals surface area contributed by atoms with E-state index >= 15 is 0 Å². The fourth-order valence-electron chi connectivity index (χ4n) is 1.02. The lowest BCUT2D eigenvalue weighted by molar-refractivity contribution is -0.147. The molecule has 2 unspecified atom stereocenters. The van der Waals surface area contributed by atoms with E-state index in [2.05, 4.69) is 15.9 Å². The predicted octanol–water partition coefficient (Wildman–Crippen LogP) is 0.894. The van der Waals surface area contributed by atoms with Crippen LogP contribution in [0.5, 0.6) is 0 Å². The number of rotatable bonds is 3. The van der Waals surface area contributed by atoms with Crippen molar-refractivity contribution in [1.29, 1.82) is 0 Å². The van der Waals surface area contributed by atoms with Crippen LogP contribution in [0.15, 0.2) is 28.7 Å². The fraction of sp³-hybridized carbons (Fsp3) is 0.222. The molecule has 5 heteroatoms. The summed E-state index contributed by atoms with van der Waals surface area (Å²) in [5.74, 6) is -1.32. The van der Waals surface area contributed by atoms with E-state index < -0.39 is 18.1 Å². The first-order chi connectivity index (χ1) is 6.52. The second kappa shape index (κ2) is 4.54. The largest absolute Gasteiger partial charge is 0.479 e. The van der Waals surface area contributed by atoms with E-state index in [9.17, 15) is 9.90 Å². The molecule has 1 rings (SSSR count). The molecule has 0 bridgehead atoms. The molecule has 0 radical (unpaired) electrons. The van der Waals surface area contributed by atoms with Crippen LogP contribution in [0.1, 0.15) is 11.6 Å². The van der Waals surface area contributed by atoms with Crippen LogP contribution in [-0.2, 0) is 4.79 Å². The van der Waals surface area contributed by atoms with Gasteiger partial charge < -0.3 is 15.9 Å². The number of aliphatic hydroxyl groups is 1. The Morgan fingerprint density at radius 2 is 1.86 bits per heavy atom. The monoisotopic (exact) mass is 259 g/mol. The number of benzene rings is 1. The highest BCUT2D eigenvalue weighted by molar-refractivity contribution is 9.10. The van der Waals surface area contributed by atoms with E-state index in [4.69, 9.17) is 10.8 Å². The normalized spacial score (nSPS) is 14.8. The number of halogens is 1. The number of hydrogen-bond acceptors (Lipinski definition) is 3. The summed E-state index contributed by atoms with van der Waals surface area (Å²) < 4.78 is 0.873. The molecule has 0 aliphatic carbocycles. The van der Waals surface area contributed by atoms with Crippen LogP contribution in [0.2, 0.25) is 0 Å². The van der Waals surface area contributed by atoms with Gasteiger partial charge in [-0.3, -0.25) is 0 Å². The first-order valence-electron chi connectivity index (χ1n) is 3.94. The van der Waals surface area contributed by atoms with Gasteiger partial charge in [-0.1, -0.05) is 28.1 Å². The molecule has 0 saturated heterocycles. The number of nitrogens with two attached hydrogens (primary N) is 1. The molecule has 76 valence electrons. The summed E-state index contributed by atoms with van der Waals surface area (Å²) in [4.78, 5) is 10.4. The van der Waals surface area contributed by atoms with Crippen molar-refractivity contribution >= 4 is 21.9 Å². The summed E-state index contributed by atoms with van der Waals surface area (Å²) in [6.07, 6.45) is -1.57. The number of aliphatic carboxylic acids is 1. The maximum Gasteiger partial charge on any atom is 0.334 e. The molecule has 4 N–H and O–H groups in total. The summed E-state index contributed by atoms with van der Waals surface area (Å²) in [6.45, 7) is 0. The number of carboxylic acid groups (broad SMARTS) is 1. The van der Waals surface area contributed by atoms with Crippen LogP contribution < -0.4 is 5.73 Å². The van der Waals surface area contributed by atoms with Crippen molar-refractivity contribution in [2.45, 2.75) is 12.1 Å². The second-order valence-corrected chi connectivity index (χ2v) is 3.78. The highest BCUT2D eigenvalue weighted by Gasteiger charge is 2.23. The molecule has 0 fully saturated rings. The number of carboxylic acids is 1. The lowest BCUT2D eigenvalue weighted by Crippen LogP contribution is -2.33. The van der Waals surface area contributed by atoms with Crippen LogP contribution in [-0.4, -0.2) is 22.3 Å². The smallest absolute Gasteiger partial charge is 0.334 e. The third-order valence-corrected chi connectivity index (χ3v) is 2.38. The van der Waals surface area contributed by atoms with Crippen LogP contribution in [0.25, 0.3) is 0 Å². The molecule has 2 atom stereocenters. The fourth-order valence-corrected chi connectivity index (χ4v) is 1.29. The standard InChI is InChI=1S/C9H10BrNO3/c10-6-3-1-5(2-4-6)7(11)8(12)9(13)14/h1-4,7-8,12H,11H2,(H,13,14). The number of carbonyl (C=O) groups is 1. The zero-order valence-corrected chi connectivity index (χ0v) is 8.81. The Balaban J connectivity index is 2.84. The minimum Gasteiger partial charge on any atom is -0.479 e. The Hall–Kier alpha value is -0.910. The van der Waals surface area contributed by atoms with Crippen LogP contribution in [0.3, 0.4) is 0 Å². The molecular weight excluding hydrogens is 250 g/mol. The maximum atomic E-state index is 10.4. The molecule has 1 aromatic rings. The van der Waals surface area contributed by atoms with Crippen molar-refractivity contribution in [3.8, 4) is 0 Å². The van der Waals surface area contributed by atoms with Gasteiger partial charge in [0, 0.05) is 4.47 Å². The van der Waals surface area contributed by atoms with Crippen molar-refractivity contribution in [1.82, 2.24) is 0 Å². The second-order valence-electron chi connectivity index (χ2n) is 2.86. The molecule has 0 aromatic heterocycles. The van der Waals surface area contributed by atoms with Crippen LogP contribution in [0, 0.1) is 0 Å². The summed E-state index contributed by atoms with van der Waals surface area (Å²) in [5, 5.41) is 17.7. The van der Waals surface area contributed by atoms with Gasteiger partial charge in [-0.05, 0) is 17.7 Å². The zero-order valence-electron chi connectivity index (χ0n) is 7.22. The number of aliphatic hydroxyl groups excluding tert-OH is 1. The van der Waals surface area contributed by atoms with E-state index in [1.54, 1.807) is 24.3 Å². The lowest BCUT2D eigenvalue weighted by Gasteiger charge is -2.15. The Kier molecular flexibility index (Phi) is 3.62. The van der Waals surface area contributed by atoms with Gasteiger partial charge in [0.1, 0.15) is 0 Å². The number of hydrogen-bond donors (Lipinski definition) is 3. The quantitative estimate of drug-likeness (QED) is 0.753. The molecule has 0 aliphatic heterocycles. The van der Waals surface area contributed by atoms with Gasteiger partial charge >= 0.3 is 5.97 Å². The molecule has 0 heterocycles. The first-order valence-corrected chi connectivity index (χ1v) is 4.73. The highest BCUT2D eigenvalue weighted by atomic mass is 79.9. The third kappa shape index (κ3) is 2.54. The summed E-state index contributed by atoms with van der Waals surface area (Å²) >= 11 is 3.24. The first kappa shape index (κ1) is 11.2. The van der Waals surface area contributed by atoms with Gasteiger partial charge in [-0.15, -0.1) is 0 Å². The van der Waals surface area contributed by atoms with E-state index in [1.807, 2.05) is 0 Å². The van der Waals surface area contributed by atoms with Gasteiger partial charge in [0.05, 0.1) is 6.04 Å². The van der Waals surface area contributed by atoms with Crippen LogP contribution in [0.4, 0.5) is 0 Å². The Bertz CT molecular complexity index is 325. The predicted molar refractivity (Wildman–Crippen MR) is 54.7 cm³/mol. The van der Waals surface area contributed by atoms with Crippen LogP contribution >= 0.6 is 15.9 Å². The molecule has 0 spiro atoms. The minimum absolute atomic E-state index is 0.586. The van der Waals surface area contributed by atoms with Gasteiger partial charge in [-0.2, -0.15) is 0 Å². The molecule has 0 amide bonds. The van der Waals surface area contributed by atoms with Gasteiger partial charge in [0.15, 0.2) is 6.10 Å². The average Bonchev–Trinajstić information content (AvgIpc) is 2.16. The summed E-state index contributed by atoms with van der Waals surface area (Å²) in [5.41, 5.74) is 6.13. The van der Waals surface area contributed by atoms with Crippen molar-refractivity contribution in [2.24, 2.45) is 5.73 Å². The Morgan fingerprint density at radius 1 is 1.36 bits per heavy atom. The van der Waals surface area contributed by atoms with Gasteiger partial charge in [-0.25, -0.2) is 4.79 Å². The molecule has 4 nitrogen and oxygen atoms in total. The summed E-state index contributed by atoms with van der Waals surface area (Å²) in [6, 6.07) is 5.91. The molecular formula is C9H10BrNO3. The zero-order chi connectivity index (χ0) is 10.7. The van der Waals surface area contributed by atoms with Gasteiger partial charge in [0.2, 0.25) is 0 Å². The molecule has 14 heavy (non-hydrogen) atoms. The van der Waals surface area contributed by atoms with E-state index in [-0.39, 0.29) is 0 Å². The third-order valence-electron chi connectivity index (χ3n) is 1.85. The van der Waals surface area contributed by atoms with Gasteiger partial charge in [0.25, 0.3) is 0 Å². The topological polar surface area (TPSA) is 83.5 Å². The minimum atomic E-state index is -1.57. The van der Waals surface area contributed by atoms with E-state index in [0.29, 0.717) is 5.56 Å². The van der Waals surface area contributed by atoms with Crippen molar-refractivity contribution < 1.29 is 15.0 Å². The van der Waals surface area contributed by atoms with Crippen molar-refractivity contribution in [3.63, 3.8) is 0 Å². The molecule has 0 saturated carbocycles. The SMILES string of the molecule is NC(c1ccc(Br)cc1)C(O)C(=O)O. The molecule has 1 aromatic carbocycles. The Morgan fingerprint density at radius 3 is 2.29 bits per heavy atom. The molecule has 0 aliphatic rings. The van der Waals surface area contributed by atoms with E-state index in [0.717, 1.165) is 4.47 Å². The van der Waals surface area contributed by atoms with Crippen molar-refractivity contribution in [2.75, 3.05) is 0 Å². The van der Waals surface area contributed by atoms with Crippen molar-refractivity contribution in [3.05, 3.63) is 34.3 Å². The lowest BCUT2D eigenvalue weighted by atomic mass is 10.0. The Labute approximate surface area is 89.5 Å².